The average molecular weight is 361 g/mol. The zero-order valence-electron chi connectivity index (χ0n) is 14.2. The monoisotopic (exact) mass is 361 g/mol. The summed E-state index contributed by atoms with van der Waals surface area (Å²) in [5, 5.41) is 4.57. The van der Waals surface area contributed by atoms with Crippen LogP contribution in [-0.4, -0.2) is 23.2 Å². The Labute approximate surface area is 148 Å². The molecule has 7 heteroatoms. The first-order valence-corrected chi connectivity index (χ1v) is 8.53. The van der Waals surface area contributed by atoms with Crippen LogP contribution in [0, 0.1) is 5.92 Å². The van der Waals surface area contributed by atoms with E-state index < -0.39 is 11.7 Å². The van der Waals surface area contributed by atoms with Crippen molar-refractivity contribution in [3.05, 3.63) is 53.9 Å². The molecule has 2 aromatic heterocycles. The fraction of sp³-hybridized carbons (Fsp3) is 0.368. The lowest BCUT2D eigenvalue weighted by molar-refractivity contribution is -0.136. The van der Waals surface area contributed by atoms with E-state index in [9.17, 15) is 13.2 Å². The highest BCUT2D eigenvalue weighted by Crippen LogP contribution is 2.39. The Morgan fingerprint density at radius 1 is 1.15 bits per heavy atom. The number of pyridine rings is 1. The molecule has 2 unspecified atom stereocenters. The number of aromatic nitrogens is 2. The molecule has 0 radical (unpaired) electrons. The van der Waals surface area contributed by atoms with Crippen molar-refractivity contribution in [1.82, 2.24) is 10.1 Å². The molecule has 136 valence electrons. The maximum Gasteiger partial charge on any atom is 0.418 e. The highest BCUT2D eigenvalue weighted by molar-refractivity contribution is 5.86. The summed E-state index contributed by atoms with van der Waals surface area (Å²) in [5.41, 5.74) is 0.235. The summed E-state index contributed by atoms with van der Waals surface area (Å²) in [4.78, 5) is 6.16. The van der Waals surface area contributed by atoms with Gasteiger partial charge in [-0.05, 0) is 30.0 Å². The van der Waals surface area contributed by atoms with Crippen molar-refractivity contribution in [2.24, 2.45) is 5.92 Å². The van der Waals surface area contributed by atoms with Gasteiger partial charge in [0.2, 0.25) is 0 Å². The zero-order chi connectivity index (χ0) is 18.3. The van der Waals surface area contributed by atoms with E-state index in [2.05, 4.69) is 22.0 Å². The third kappa shape index (κ3) is 3.02. The second kappa shape index (κ2) is 6.30. The highest BCUT2D eigenvalue weighted by atomic mass is 19.4. The Morgan fingerprint density at radius 2 is 2.00 bits per heavy atom. The number of anilines is 1. The van der Waals surface area contributed by atoms with Crippen LogP contribution in [0.5, 0.6) is 0 Å². The lowest BCUT2D eigenvalue weighted by Crippen LogP contribution is -2.39. The second-order valence-electron chi connectivity index (χ2n) is 6.90. The van der Waals surface area contributed by atoms with Crippen LogP contribution in [0.25, 0.3) is 10.9 Å². The fourth-order valence-corrected chi connectivity index (χ4v) is 3.91. The van der Waals surface area contributed by atoms with Crippen molar-refractivity contribution in [1.29, 1.82) is 0 Å². The molecule has 1 aliphatic rings. The van der Waals surface area contributed by atoms with Crippen LogP contribution in [0.1, 0.15) is 30.4 Å². The van der Waals surface area contributed by atoms with Gasteiger partial charge >= 0.3 is 6.18 Å². The molecule has 1 fully saturated rings. The van der Waals surface area contributed by atoms with Gasteiger partial charge in [-0.25, -0.2) is 0 Å². The summed E-state index contributed by atoms with van der Waals surface area (Å²) in [6, 6.07) is 7.99. The topological polar surface area (TPSA) is 42.2 Å². The fourth-order valence-electron chi connectivity index (χ4n) is 3.91. The van der Waals surface area contributed by atoms with Gasteiger partial charge in [0.05, 0.1) is 11.1 Å². The van der Waals surface area contributed by atoms with Gasteiger partial charge in [-0.2, -0.15) is 13.2 Å². The molecule has 4 rings (SSSR count). The van der Waals surface area contributed by atoms with Gasteiger partial charge in [0.25, 0.3) is 0 Å². The molecule has 0 amide bonds. The van der Waals surface area contributed by atoms with Gasteiger partial charge in [0.15, 0.2) is 5.82 Å². The smallest absolute Gasteiger partial charge is 0.363 e. The first-order valence-electron chi connectivity index (χ1n) is 8.53. The summed E-state index contributed by atoms with van der Waals surface area (Å²) < 4.78 is 44.9. The normalized spacial score (nSPS) is 21.3. The molecule has 1 aromatic carbocycles. The molecule has 4 nitrogen and oxygen atoms in total. The van der Waals surface area contributed by atoms with Crippen LogP contribution < -0.4 is 4.90 Å². The Kier molecular flexibility index (Phi) is 4.09. The van der Waals surface area contributed by atoms with Gasteiger partial charge in [-0.3, -0.25) is 4.98 Å². The number of fused-ring (bicyclic) bond motifs is 1. The van der Waals surface area contributed by atoms with Crippen LogP contribution in [0.3, 0.4) is 0 Å². The molecule has 0 aliphatic carbocycles. The molecular formula is C19H18F3N3O. The number of halogens is 3. The summed E-state index contributed by atoms with van der Waals surface area (Å²) in [6.45, 7) is 3.68. The van der Waals surface area contributed by atoms with Gasteiger partial charge in [0.1, 0.15) is 6.26 Å². The maximum atomic E-state index is 13.3. The van der Waals surface area contributed by atoms with Crippen LogP contribution in [0.15, 0.2) is 47.3 Å². The minimum atomic E-state index is -4.42. The number of alkyl halides is 3. The van der Waals surface area contributed by atoms with Gasteiger partial charge in [-0.1, -0.05) is 24.2 Å². The number of hydrogen-bond donors (Lipinski definition) is 0. The molecule has 1 saturated heterocycles. The number of nitrogens with zero attached hydrogens (tertiary/aromatic N) is 3. The maximum absolute atomic E-state index is 13.3. The molecule has 0 bridgehead atoms. The van der Waals surface area contributed by atoms with Gasteiger partial charge in [-0.15, -0.1) is 0 Å². The summed E-state index contributed by atoms with van der Waals surface area (Å²) in [5.74, 6) is 1.25. The number of benzene rings is 1. The van der Waals surface area contributed by atoms with Crippen LogP contribution >= 0.6 is 0 Å². The molecule has 3 heterocycles. The molecule has 1 aliphatic heterocycles. The number of rotatable bonds is 2. The van der Waals surface area contributed by atoms with E-state index >= 15 is 0 Å². The number of piperidine rings is 1. The van der Waals surface area contributed by atoms with E-state index in [1.807, 2.05) is 6.07 Å². The van der Waals surface area contributed by atoms with Gasteiger partial charge < -0.3 is 9.42 Å². The Bertz CT molecular complexity index is 908. The highest BCUT2D eigenvalue weighted by Gasteiger charge is 2.35. The van der Waals surface area contributed by atoms with Crippen molar-refractivity contribution < 1.29 is 17.7 Å². The number of hydrogen-bond acceptors (Lipinski definition) is 4. The van der Waals surface area contributed by atoms with Crippen LogP contribution in [0.2, 0.25) is 0 Å². The minimum Gasteiger partial charge on any atom is -0.363 e. The van der Waals surface area contributed by atoms with E-state index in [0.29, 0.717) is 17.8 Å². The van der Waals surface area contributed by atoms with Crippen LogP contribution in [0.4, 0.5) is 19.0 Å². The molecule has 26 heavy (non-hydrogen) atoms. The van der Waals surface area contributed by atoms with Crippen molar-refractivity contribution in [3.63, 3.8) is 0 Å². The molecular weight excluding hydrogens is 343 g/mol. The third-order valence-electron chi connectivity index (χ3n) is 4.96. The summed E-state index contributed by atoms with van der Waals surface area (Å²) in [7, 11) is 0. The molecule has 3 aromatic rings. The van der Waals surface area contributed by atoms with E-state index in [1.54, 1.807) is 18.2 Å². The Balaban J connectivity index is 1.77. The Morgan fingerprint density at radius 3 is 2.73 bits per heavy atom. The predicted molar refractivity (Wildman–Crippen MR) is 92.0 cm³/mol. The lowest BCUT2D eigenvalue weighted by atomic mass is 9.83. The molecule has 0 N–H and O–H groups in total. The van der Waals surface area contributed by atoms with E-state index in [1.165, 1.54) is 12.5 Å². The van der Waals surface area contributed by atoms with E-state index in [4.69, 9.17) is 4.52 Å². The minimum absolute atomic E-state index is 0.0173. The average Bonchev–Trinajstić information content (AvgIpc) is 3.14. The molecule has 2 atom stereocenters. The molecule has 0 saturated carbocycles. The van der Waals surface area contributed by atoms with Crippen molar-refractivity contribution in [3.8, 4) is 0 Å². The first-order chi connectivity index (χ1) is 12.4. The van der Waals surface area contributed by atoms with Gasteiger partial charge in [0, 0.05) is 36.7 Å². The zero-order valence-corrected chi connectivity index (χ0v) is 14.2. The second-order valence-corrected chi connectivity index (χ2v) is 6.90. The third-order valence-corrected chi connectivity index (χ3v) is 4.96. The lowest BCUT2D eigenvalue weighted by Gasteiger charge is -2.37. The van der Waals surface area contributed by atoms with Crippen molar-refractivity contribution in [2.45, 2.75) is 25.4 Å². The van der Waals surface area contributed by atoms with Crippen LogP contribution in [-0.2, 0) is 6.18 Å². The summed E-state index contributed by atoms with van der Waals surface area (Å²) >= 11 is 0. The summed E-state index contributed by atoms with van der Waals surface area (Å²) in [6.07, 6.45) is -0.574. The molecule has 0 spiro atoms. The predicted octanol–water partition coefficient (Wildman–Crippen LogP) is 4.87. The van der Waals surface area contributed by atoms with Crippen molar-refractivity contribution in [2.75, 3.05) is 18.0 Å². The van der Waals surface area contributed by atoms with E-state index in [0.717, 1.165) is 30.4 Å². The van der Waals surface area contributed by atoms with Crippen molar-refractivity contribution >= 4 is 16.7 Å². The Hall–Kier alpha value is -2.57. The SMILES string of the molecule is CC1CC(c2ccc(C(F)(F)F)c3ncccc23)CN(c2ccon2)C1. The standard InChI is InChI=1S/C19H18F3N3O/c1-12-9-13(11-25(10-12)17-6-8-26-24-17)14-4-5-16(19(20,21)22)18-15(14)3-2-7-23-18/h2-8,12-13H,9-11H2,1H3. The van der Waals surface area contributed by atoms with E-state index in [-0.39, 0.29) is 11.4 Å². The quantitative estimate of drug-likeness (QED) is 0.653. The largest absolute Gasteiger partial charge is 0.418 e. The first kappa shape index (κ1) is 16.9.